The summed E-state index contributed by atoms with van der Waals surface area (Å²) in [5.41, 5.74) is 12.1. The van der Waals surface area contributed by atoms with Crippen molar-refractivity contribution in [2.75, 3.05) is 19.8 Å². The second-order valence-electron chi connectivity index (χ2n) is 69.4. The molecule has 0 spiro atoms. The highest BCUT2D eigenvalue weighted by atomic mass is 19.1. The first-order chi connectivity index (χ1) is 59.8. The molecule has 0 radical (unpaired) electrons. The number of ether oxygens (including phenoxy) is 3. The zero-order valence-electron chi connectivity index (χ0n) is 112. The van der Waals surface area contributed by atoms with Crippen molar-refractivity contribution in [3.05, 3.63) is 53.6 Å². The number of hydrogen-bond donors (Lipinski definition) is 0. The normalized spacial score (nSPS) is 16.4. The van der Waals surface area contributed by atoms with Gasteiger partial charge >= 0.3 is 0 Å². The van der Waals surface area contributed by atoms with Gasteiger partial charge in [0, 0.05) is 44.8 Å². The summed E-state index contributed by atoms with van der Waals surface area (Å²) >= 11 is 0. The van der Waals surface area contributed by atoms with Gasteiger partial charge in [-0.2, -0.15) is 0 Å². The number of Topliss-reactive ketones (excluding diaryl/α,β-unsaturated/α-hetero) is 1. The summed E-state index contributed by atoms with van der Waals surface area (Å²) < 4.78 is 31.8. The minimum absolute atomic E-state index is 0.0156. The minimum atomic E-state index is -1.13. The van der Waals surface area contributed by atoms with Crippen molar-refractivity contribution in [3.8, 4) is 0 Å². The number of hydrogen-bond acceptors (Lipinski definition) is 5. The Balaban J connectivity index is -0.000000227. The second kappa shape index (κ2) is 54.2. The molecule has 3 aliphatic rings. The first-order valence-electron chi connectivity index (χ1n) is 56.0. The van der Waals surface area contributed by atoms with Crippen LogP contribution in [0, 0.1) is 147 Å². The highest BCUT2D eigenvalue weighted by molar-refractivity contribution is 5.95. The van der Waals surface area contributed by atoms with Crippen LogP contribution in [0.4, 0.5) is 10.1 Å². The van der Waals surface area contributed by atoms with E-state index in [4.69, 9.17) is 19.2 Å². The summed E-state index contributed by atoms with van der Waals surface area (Å²) in [6.07, 6.45) is 15.3. The number of alkyl halides is 1. The number of carbonyl (C=O) groups excluding carboxylic acids is 1. The molecule has 3 fully saturated rings. The van der Waals surface area contributed by atoms with E-state index in [2.05, 4.69) is 469 Å². The van der Waals surface area contributed by atoms with Crippen molar-refractivity contribution in [1.29, 1.82) is 0 Å². The van der Waals surface area contributed by atoms with Gasteiger partial charge in [-0.1, -0.05) is 580 Å². The average molecular weight is 1980 g/mol. The van der Waals surface area contributed by atoms with Crippen molar-refractivity contribution in [2.24, 2.45) is 152 Å². The largest absolute Gasteiger partial charge is 0.374 e. The number of rotatable bonds is 3. The quantitative estimate of drug-likeness (QED) is 0.224. The van der Waals surface area contributed by atoms with Gasteiger partial charge in [0.25, 0.3) is 0 Å². The van der Waals surface area contributed by atoms with Gasteiger partial charge < -0.3 is 14.2 Å². The molecule has 0 N–H and O–H groups in total. The van der Waals surface area contributed by atoms with Crippen LogP contribution in [0.15, 0.2) is 58.6 Å². The average Bonchev–Trinajstić information content (AvgIpc) is 1.02. The molecule has 1 aliphatic heterocycles. The van der Waals surface area contributed by atoms with E-state index < -0.39 is 11.5 Å². The number of benzene rings is 1. The summed E-state index contributed by atoms with van der Waals surface area (Å²) in [6, 6.07) is 10.2. The molecule has 842 valence electrons. The maximum absolute atomic E-state index is 14.1. The SMILES string of the molecule is C=C(C(C)(C)C)C(C)(C)C.CC(C(C)(C)C)C(C)(C)C.CC(C)(C)C(=C1CCCC1)C(C)(C)C.CC(C)(C)C(=Nc1ccccc1)C(C)(C)C.CC(C)(C)C(=O)C(C)(C)C.CC(C)(C)C(C)(C)C(C)(C)C.CC(C)(C)C(C)(F)C(C)(C)C.CC(C)(C)C1(C(C)(C)C)CCCCC1.CC(C)(C)C1(C(C)(C)C)OCCO1.CC(C)(C)CC(C)(C)C.CC(C)(C)CC(C)(C)C.CCOC(C)(C(C)(C)C)C(C)(C)C. The molecule has 1 heterocycles. The monoisotopic (exact) mass is 1980 g/mol. The van der Waals surface area contributed by atoms with Crippen LogP contribution in [0.1, 0.15) is 611 Å². The molecule has 1 saturated heterocycles. The van der Waals surface area contributed by atoms with Crippen LogP contribution in [-0.2, 0) is 19.0 Å². The Morgan fingerprint density at radius 2 is 0.614 bits per heavy atom. The molecule has 0 aromatic heterocycles. The number of carbonyl (C=O) groups is 1. The molecule has 0 atom stereocenters. The fraction of sp³-hybridized carbons (Fsp3) is 0.910. The number of aliphatic imine (C=N–C) groups is 1. The molecule has 2 saturated carbocycles. The summed E-state index contributed by atoms with van der Waals surface area (Å²) in [5, 5.41) is 0. The predicted octanol–water partition coefficient (Wildman–Crippen LogP) is 46.4. The maximum Gasteiger partial charge on any atom is 0.178 e. The Bertz CT molecular complexity index is 3320. The zero-order valence-corrected chi connectivity index (χ0v) is 112. The highest BCUT2D eigenvalue weighted by Gasteiger charge is 2.56. The number of nitrogens with zero attached hydrogens (tertiary/aromatic N) is 1. The predicted molar refractivity (Wildman–Crippen MR) is 642 cm³/mol. The minimum Gasteiger partial charge on any atom is -0.374 e. The van der Waals surface area contributed by atoms with Gasteiger partial charge in [-0.3, -0.25) is 9.79 Å². The van der Waals surface area contributed by atoms with E-state index in [1.54, 1.807) is 18.1 Å². The van der Waals surface area contributed by atoms with Gasteiger partial charge in [-0.05, 0) is 198 Å². The van der Waals surface area contributed by atoms with Crippen molar-refractivity contribution >= 4 is 17.2 Å². The van der Waals surface area contributed by atoms with Gasteiger partial charge in [0.05, 0.1) is 24.5 Å². The van der Waals surface area contributed by atoms with Crippen LogP contribution in [0.5, 0.6) is 0 Å². The molecule has 2 aliphatic carbocycles. The lowest BCUT2D eigenvalue weighted by Gasteiger charge is -2.56. The van der Waals surface area contributed by atoms with Crippen LogP contribution in [0.25, 0.3) is 0 Å². The van der Waals surface area contributed by atoms with Gasteiger partial charge in [0.2, 0.25) is 0 Å². The molecule has 1 aromatic rings. The lowest BCUT2D eigenvalue weighted by atomic mass is 9.49. The number of para-hydroxylation sites is 1. The third-order valence-corrected chi connectivity index (χ3v) is 30.5. The number of ketones is 1. The van der Waals surface area contributed by atoms with Crippen LogP contribution in [-0.4, -0.2) is 48.4 Å². The molecule has 0 unspecified atom stereocenters. The van der Waals surface area contributed by atoms with E-state index >= 15 is 0 Å². The van der Waals surface area contributed by atoms with Crippen LogP contribution in [0.2, 0.25) is 0 Å². The first-order valence-corrected chi connectivity index (χ1v) is 56.0. The van der Waals surface area contributed by atoms with E-state index in [1.807, 2.05) is 101 Å². The molecule has 6 heteroatoms. The summed E-state index contributed by atoms with van der Waals surface area (Å²) in [7, 11) is 0. The van der Waals surface area contributed by atoms with Crippen molar-refractivity contribution < 1.29 is 23.4 Å². The molecule has 0 amide bonds. The topological polar surface area (TPSA) is 57.1 Å². The Morgan fingerprint density at radius 3 is 0.729 bits per heavy atom. The maximum atomic E-state index is 14.1. The summed E-state index contributed by atoms with van der Waals surface area (Å²) in [5.74, 6) is 0.653. The van der Waals surface area contributed by atoms with Gasteiger partial charge in [-0.15, -0.1) is 0 Å². The van der Waals surface area contributed by atoms with Crippen LogP contribution >= 0.6 is 0 Å². The number of halogens is 1. The van der Waals surface area contributed by atoms with E-state index in [0.29, 0.717) is 94.8 Å². The van der Waals surface area contributed by atoms with E-state index in [0.717, 1.165) is 18.2 Å². The lowest BCUT2D eigenvalue weighted by Crippen LogP contribution is -2.54. The number of allylic oxidation sites excluding steroid dienone is 3. The molecule has 5 nitrogen and oxygen atoms in total. The van der Waals surface area contributed by atoms with Gasteiger partial charge in [-0.25, -0.2) is 4.39 Å². The van der Waals surface area contributed by atoms with Gasteiger partial charge in [0.15, 0.2) is 5.79 Å². The Hall–Kier alpha value is -2.15. The fourth-order valence-corrected chi connectivity index (χ4v) is 22.3. The lowest BCUT2D eigenvalue weighted by molar-refractivity contribution is -0.279. The Morgan fingerprint density at radius 1 is 0.350 bits per heavy atom. The Labute approximate surface area is 887 Å². The third-order valence-electron chi connectivity index (χ3n) is 30.5. The molecule has 4 rings (SSSR count). The Kier molecular flexibility index (Phi) is 59.3. The summed E-state index contributed by atoms with van der Waals surface area (Å²) in [4.78, 5) is 16.3. The van der Waals surface area contributed by atoms with Crippen LogP contribution < -0.4 is 0 Å². The van der Waals surface area contributed by atoms with E-state index in [1.165, 1.54) is 81.9 Å². The van der Waals surface area contributed by atoms with Crippen molar-refractivity contribution in [2.45, 2.75) is 628 Å². The molecular formula is C134H270FNO4. The molecular weight excluding hydrogens is 1710 g/mol. The highest BCUT2D eigenvalue weighted by Crippen LogP contribution is 2.60. The molecule has 140 heavy (non-hydrogen) atoms. The van der Waals surface area contributed by atoms with E-state index in [-0.39, 0.29) is 70.6 Å². The standard InChI is InChI=1S/C15H23N.C14H28.C14H26.C12H26O.C11H22O2.C11H24.C10H21F.C10H22.C10H20.C9H18O.2C9H20/c1-14(2,3)13(15(4,5)6)16-12-10-8-7-9-11-12;1-12(2,3)14(13(4,5)6)10-8-7-9-11-14;1-13(2,3)12(14(4,5)6)11-9-7-8-10-11;1-9-13-12(8,10(2,3)4)11(5,6)7;1-9(2,3)11(10(4,5)6)12-7-8-13-11;1-9(2,3)11(7,8)10(4,5)6;1-8(2,3)10(7,11)9(4,5)6;2*1-8(9(2,3)4)10(5,6)7;1-8(2,3)7(10)9(4,5)6;2*1-8(2,3)7-9(4,5)6/h7-11H,1-6H3;7-11H2,1-6H3;7-10H2,1-6H3;9H2,1-8H3;7-8H2,1-6H3;1-8H3;1-7H3;8H,1-7H3;1H2,2-7H3;1-6H3;2*7H2,1-6H3. The smallest absolute Gasteiger partial charge is 0.178 e. The fourth-order valence-electron chi connectivity index (χ4n) is 22.3. The van der Waals surface area contributed by atoms with Crippen molar-refractivity contribution in [1.82, 2.24) is 0 Å². The first kappa shape index (κ1) is 153. The summed E-state index contributed by atoms with van der Waals surface area (Å²) in [6.45, 7) is 180. The third kappa shape index (κ3) is 58.3. The zero-order chi connectivity index (χ0) is 116. The van der Waals surface area contributed by atoms with Crippen molar-refractivity contribution in [3.63, 3.8) is 0 Å². The molecule has 0 bridgehead atoms. The van der Waals surface area contributed by atoms with Gasteiger partial charge in [0.1, 0.15) is 11.5 Å². The van der Waals surface area contributed by atoms with E-state index in [9.17, 15) is 9.18 Å². The second-order valence-corrected chi connectivity index (χ2v) is 69.4. The molecule has 1 aromatic carbocycles. The van der Waals surface area contributed by atoms with Crippen LogP contribution in [0.3, 0.4) is 0 Å².